The fourth-order valence-corrected chi connectivity index (χ4v) is 2.79. The minimum atomic E-state index is -0.763. The van der Waals surface area contributed by atoms with Crippen LogP contribution in [0, 0.1) is 5.92 Å². The van der Waals surface area contributed by atoms with Gasteiger partial charge in [-0.05, 0) is 37.1 Å². The van der Waals surface area contributed by atoms with Crippen molar-refractivity contribution in [2.24, 2.45) is 5.92 Å². The molecule has 130 valence electrons. The molecule has 26 heavy (non-hydrogen) atoms. The van der Waals surface area contributed by atoms with E-state index in [4.69, 9.17) is 0 Å². The number of amides is 3. The van der Waals surface area contributed by atoms with Crippen LogP contribution in [0.3, 0.4) is 0 Å². The Bertz CT molecular complexity index is 949. The topological polar surface area (TPSA) is 104 Å². The van der Waals surface area contributed by atoms with Gasteiger partial charge in [-0.3, -0.25) is 19.2 Å². The molecule has 0 unspecified atom stereocenters. The van der Waals surface area contributed by atoms with Crippen molar-refractivity contribution in [3.05, 3.63) is 53.6 Å². The van der Waals surface area contributed by atoms with Gasteiger partial charge >= 0.3 is 0 Å². The van der Waals surface area contributed by atoms with E-state index in [0.717, 1.165) is 12.8 Å². The minimum Gasteiger partial charge on any atom is -0.326 e. The number of carbonyl (C=O) groups excluding carboxylic acids is 4. The van der Waals surface area contributed by atoms with E-state index < -0.39 is 11.7 Å². The number of hydrogen-bond acceptors (Lipinski definition) is 4. The van der Waals surface area contributed by atoms with Crippen molar-refractivity contribution < 1.29 is 19.2 Å². The Kier molecular flexibility index (Phi) is 3.76. The van der Waals surface area contributed by atoms with Gasteiger partial charge in [0, 0.05) is 17.2 Å². The van der Waals surface area contributed by atoms with E-state index >= 15 is 0 Å². The molecule has 0 radical (unpaired) electrons. The molecule has 3 N–H and O–H groups in total. The van der Waals surface area contributed by atoms with Crippen LogP contribution in [-0.2, 0) is 9.59 Å². The van der Waals surface area contributed by atoms with E-state index in [0.29, 0.717) is 11.3 Å². The van der Waals surface area contributed by atoms with Crippen molar-refractivity contribution in [2.45, 2.75) is 12.8 Å². The summed E-state index contributed by atoms with van der Waals surface area (Å²) >= 11 is 0. The Labute approximate surface area is 148 Å². The van der Waals surface area contributed by atoms with Gasteiger partial charge < -0.3 is 16.0 Å². The van der Waals surface area contributed by atoms with Crippen molar-refractivity contribution in [1.29, 1.82) is 0 Å². The summed E-state index contributed by atoms with van der Waals surface area (Å²) in [7, 11) is 0. The monoisotopic (exact) mass is 349 g/mol. The van der Waals surface area contributed by atoms with E-state index in [-0.39, 0.29) is 34.7 Å². The summed E-state index contributed by atoms with van der Waals surface area (Å²) in [5.74, 6) is -1.98. The summed E-state index contributed by atoms with van der Waals surface area (Å²) in [5, 5.41) is 7.91. The zero-order valence-electron chi connectivity index (χ0n) is 13.7. The van der Waals surface area contributed by atoms with Crippen LogP contribution in [0.1, 0.15) is 33.6 Å². The Hall–Kier alpha value is -3.48. The SMILES string of the molecule is O=C1Nc2c(NC(=O)c3ccccc3)cc(NC(=O)C3CC3)cc2C1=O. The molecule has 1 aliphatic heterocycles. The first-order valence-electron chi connectivity index (χ1n) is 8.24. The molecule has 4 rings (SSSR count). The summed E-state index contributed by atoms with van der Waals surface area (Å²) in [6.45, 7) is 0. The Morgan fingerprint density at radius 1 is 1.00 bits per heavy atom. The third kappa shape index (κ3) is 2.95. The third-order valence-electron chi connectivity index (χ3n) is 4.33. The van der Waals surface area contributed by atoms with Crippen molar-refractivity contribution in [3.8, 4) is 0 Å². The smallest absolute Gasteiger partial charge is 0.296 e. The quantitative estimate of drug-likeness (QED) is 0.737. The molecule has 0 atom stereocenters. The predicted molar refractivity (Wildman–Crippen MR) is 95.2 cm³/mol. The van der Waals surface area contributed by atoms with Crippen molar-refractivity contribution in [3.63, 3.8) is 0 Å². The summed E-state index contributed by atoms with van der Waals surface area (Å²) < 4.78 is 0. The molecule has 2 aromatic carbocycles. The summed E-state index contributed by atoms with van der Waals surface area (Å²) in [4.78, 5) is 48.2. The minimum absolute atomic E-state index is 0.0129. The molecule has 0 aromatic heterocycles. The maximum Gasteiger partial charge on any atom is 0.296 e. The van der Waals surface area contributed by atoms with Crippen LogP contribution >= 0.6 is 0 Å². The molecule has 0 bridgehead atoms. The molecule has 2 aromatic rings. The van der Waals surface area contributed by atoms with Crippen LogP contribution in [-0.4, -0.2) is 23.5 Å². The number of fused-ring (bicyclic) bond motifs is 1. The average Bonchev–Trinajstić information content (AvgIpc) is 3.44. The molecular formula is C19H15N3O4. The molecule has 1 heterocycles. The molecule has 1 aliphatic carbocycles. The third-order valence-corrected chi connectivity index (χ3v) is 4.33. The van der Waals surface area contributed by atoms with Crippen molar-refractivity contribution in [1.82, 2.24) is 0 Å². The standard InChI is InChI=1S/C19H15N3O4/c23-16-13-8-12(20-17(24)11-6-7-11)9-14(15(13)22-19(16)26)21-18(25)10-4-2-1-3-5-10/h1-5,8-9,11H,6-7H2,(H,20,24)(H,21,25)(H,22,23,26). The number of rotatable bonds is 4. The van der Waals surface area contributed by atoms with E-state index in [1.807, 2.05) is 0 Å². The second-order valence-corrected chi connectivity index (χ2v) is 6.31. The lowest BCUT2D eigenvalue weighted by molar-refractivity contribution is -0.117. The zero-order valence-corrected chi connectivity index (χ0v) is 13.7. The lowest BCUT2D eigenvalue weighted by atomic mass is 10.1. The van der Waals surface area contributed by atoms with Gasteiger partial charge in [0.25, 0.3) is 17.6 Å². The maximum absolute atomic E-state index is 12.4. The molecule has 1 fully saturated rings. The van der Waals surface area contributed by atoms with E-state index in [9.17, 15) is 19.2 Å². The van der Waals surface area contributed by atoms with Gasteiger partial charge in [0.15, 0.2) is 0 Å². The van der Waals surface area contributed by atoms with Crippen LogP contribution in [0.4, 0.5) is 17.1 Å². The number of Topliss-reactive ketones (excluding diaryl/α,β-unsaturated/α-hetero) is 1. The van der Waals surface area contributed by atoms with Gasteiger partial charge in [-0.25, -0.2) is 0 Å². The van der Waals surface area contributed by atoms with Crippen LogP contribution in [0.25, 0.3) is 0 Å². The van der Waals surface area contributed by atoms with Gasteiger partial charge in [0.1, 0.15) is 0 Å². The fourth-order valence-electron chi connectivity index (χ4n) is 2.79. The molecule has 0 spiro atoms. The second-order valence-electron chi connectivity index (χ2n) is 6.31. The Morgan fingerprint density at radius 2 is 1.73 bits per heavy atom. The molecule has 0 saturated heterocycles. The number of anilines is 3. The van der Waals surface area contributed by atoms with Crippen molar-refractivity contribution in [2.75, 3.05) is 16.0 Å². The molecule has 3 amide bonds. The van der Waals surface area contributed by atoms with Crippen LogP contribution < -0.4 is 16.0 Å². The first kappa shape index (κ1) is 16.0. The molecule has 7 heteroatoms. The first-order chi connectivity index (χ1) is 12.5. The van der Waals surface area contributed by atoms with Gasteiger partial charge in [-0.1, -0.05) is 18.2 Å². The van der Waals surface area contributed by atoms with E-state index in [1.165, 1.54) is 6.07 Å². The number of carbonyl (C=O) groups is 4. The predicted octanol–water partition coefficient (Wildman–Crippen LogP) is 2.42. The summed E-state index contributed by atoms with van der Waals surface area (Å²) in [5.41, 5.74) is 1.44. The number of nitrogens with one attached hydrogen (secondary N) is 3. The zero-order chi connectivity index (χ0) is 18.3. The average molecular weight is 349 g/mol. The highest BCUT2D eigenvalue weighted by atomic mass is 16.2. The van der Waals surface area contributed by atoms with Gasteiger partial charge in [0.05, 0.1) is 16.9 Å². The highest BCUT2D eigenvalue weighted by Gasteiger charge is 2.33. The van der Waals surface area contributed by atoms with Crippen LogP contribution in [0.2, 0.25) is 0 Å². The Morgan fingerprint density at radius 3 is 2.42 bits per heavy atom. The highest BCUT2D eigenvalue weighted by molar-refractivity contribution is 6.52. The maximum atomic E-state index is 12.4. The van der Waals surface area contributed by atoms with Crippen LogP contribution in [0.15, 0.2) is 42.5 Å². The molecular weight excluding hydrogens is 334 g/mol. The molecule has 2 aliphatic rings. The Balaban J connectivity index is 1.68. The van der Waals surface area contributed by atoms with Crippen molar-refractivity contribution >= 4 is 40.6 Å². The van der Waals surface area contributed by atoms with Crippen LogP contribution in [0.5, 0.6) is 0 Å². The van der Waals surface area contributed by atoms with E-state index in [2.05, 4.69) is 16.0 Å². The largest absolute Gasteiger partial charge is 0.326 e. The fraction of sp³-hybridized carbons (Fsp3) is 0.158. The summed E-state index contributed by atoms with van der Waals surface area (Å²) in [6, 6.07) is 11.6. The highest BCUT2D eigenvalue weighted by Crippen LogP contribution is 2.36. The van der Waals surface area contributed by atoms with Gasteiger partial charge in [0.2, 0.25) is 5.91 Å². The van der Waals surface area contributed by atoms with Gasteiger partial charge in [-0.2, -0.15) is 0 Å². The lowest BCUT2D eigenvalue weighted by Crippen LogP contribution is -2.16. The molecule has 7 nitrogen and oxygen atoms in total. The first-order valence-corrected chi connectivity index (χ1v) is 8.24. The normalized spacial score (nSPS) is 15.2. The summed E-state index contributed by atoms with van der Waals surface area (Å²) in [6.07, 6.45) is 1.68. The number of benzene rings is 2. The lowest BCUT2D eigenvalue weighted by Gasteiger charge is -2.13. The number of ketones is 1. The second kappa shape index (κ2) is 6.11. The number of hydrogen-bond donors (Lipinski definition) is 3. The van der Waals surface area contributed by atoms with Gasteiger partial charge in [-0.15, -0.1) is 0 Å². The molecule has 1 saturated carbocycles. The van der Waals surface area contributed by atoms with E-state index in [1.54, 1.807) is 36.4 Å².